The molecule has 82 valence electrons. The largest absolute Gasteiger partial charge is 0.369 e. The van der Waals surface area contributed by atoms with E-state index >= 15 is 0 Å². The first-order valence-electron chi connectivity index (χ1n) is 4.93. The lowest BCUT2D eigenvalue weighted by molar-refractivity contribution is -0.117. The summed E-state index contributed by atoms with van der Waals surface area (Å²) in [5.74, 6) is -0.367. The zero-order valence-electron chi connectivity index (χ0n) is 8.71. The molecule has 2 N–H and O–H groups in total. The highest BCUT2D eigenvalue weighted by atomic mass is 16.1. The van der Waals surface area contributed by atoms with Gasteiger partial charge >= 0.3 is 0 Å². The number of primary amides is 1. The number of hydrogen-bond donors (Lipinski definition) is 1. The molecule has 2 heterocycles. The highest BCUT2D eigenvalue weighted by molar-refractivity contribution is 5.75. The molecule has 0 radical (unpaired) electrons. The summed E-state index contributed by atoms with van der Waals surface area (Å²) in [6.07, 6.45) is 5.49. The lowest BCUT2D eigenvalue weighted by Crippen LogP contribution is -2.14. The van der Waals surface area contributed by atoms with Crippen LogP contribution in [0.4, 0.5) is 0 Å². The molecule has 0 saturated heterocycles. The van der Waals surface area contributed by atoms with Crippen molar-refractivity contribution in [1.29, 1.82) is 0 Å². The predicted molar refractivity (Wildman–Crippen MR) is 58.5 cm³/mol. The molecular formula is C11H12N4O. The van der Waals surface area contributed by atoms with E-state index in [9.17, 15) is 4.79 Å². The number of nitrogens with two attached hydrogens (primary N) is 1. The minimum atomic E-state index is -0.367. The molecule has 16 heavy (non-hydrogen) atoms. The van der Waals surface area contributed by atoms with E-state index in [-0.39, 0.29) is 12.3 Å². The van der Waals surface area contributed by atoms with Gasteiger partial charge in [0.1, 0.15) is 0 Å². The Hall–Kier alpha value is -2.17. The molecule has 0 aliphatic heterocycles. The Balaban J connectivity index is 2.06. The Labute approximate surface area is 92.9 Å². The van der Waals surface area contributed by atoms with Crippen molar-refractivity contribution in [2.45, 2.75) is 13.0 Å². The van der Waals surface area contributed by atoms with E-state index in [0.717, 1.165) is 5.56 Å². The fourth-order valence-electron chi connectivity index (χ4n) is 1.44. The van der Waals surface area contributed by atoms with Gasteiger partial charge in [-0.1, -0.05) is 0 Å². The third-order valence-electron chi connectivity index (χ3n) is 2.15. The Morgan fingerprint density at radius 1 is 1.31 bits per heavy atom. The molecule has 0 aliphatic rings. The van der Waals surface area contributed by atoms with Crippen molar-refractivity contribution < 1.29 is 4.79 Å². The van der Waals surface area contributed by atoms with Gasteiger partial charge in [-0.3, -0.25) is 14.5 Å². The SMILES string of the molecule is NC(=O)Cc1ccn(Cc2ccncc2)n1. The summed E-state index contributed by atoms with van der Waals surface area (Å²) in [5.41, 5.74) is 6.90. The van der Waals surface area contributed by atoms with E-state index in [1.807, 2.05) is 18.3 Å². The van der Waals surface area contributed by atoms with Gasteiger partial charge in [-0.05, 0) is 23.8 Å². The first-order chi connectivity index (χ1) is 7.74. The molecule has 2 aromatic rings. The van der Waals surface area contributed by atoms with E-state index in [1.165, 1.54) is 0 Å². The third kappa shape index (κ3) is 2.66. The Morgan fingerprint density at radius 2 is 2.06 bits per heavy atom. The average Bonchev–Trinajstić information content (AvgIpc) is 2.66. The van der Waals surface area contributed by atoms with Gasteiger partial charge in [0.25, 0.3) is 0 Å². The Morgan fingerprint density at radius 3 is 2.75 bits per heavy atom. The van der Waals surface area contributed by atoms with Crippen LogP contribution in [0.15, 0.2) is 36.8 Å². The van der Waals surface area contributed by atoms with Crippen LogP contribution in [-0.2, 0) is 17.8 Å². The van der Waals surface area contributed by atoms with Crippen molar-refractivity contribution in [2.24, 2.45) is 5.73 Å². The van der Waals surface area contributed by atoms with Crippen molar-refractivity contribution in [3.8, 4) is 0 Å². The second-order valence-corrected chi connectivity index (χ2v) is 3.50. The van der Waals surface area contributed by atoms with Crippen molar-refractivity contribution in [1.82, 2.24) is 14.8 Å². The van der Waals surface area contributed by atoms with E-state index in [0.29, 0.717) is 12.2 Å². The van der Waals surface area contributed by atoms with Crippen LogP contribution in [0.3, 0.4) is 0 Å². The highest BCUT2D eigenvalue weighted by Gasteiger charge is 2.02. The van der Waals surface area contributed by atoms with Gasteiger partial charge in [0.2, 0.25) is 5.91 Å². The molecular weight excluding hydrogens is 204 g/mol. The zero-order chi connectivity index (χ0) is 11.4. The quantitative estimate of drug-likeness (QED) is 0.801. The molecule has 1 amide bonds. The Kier molecular flexibility index (Phi) is 2.95. The molecule has 0 fully saturated rings. The zero-order valence-corrected chi connectivity index (χ0v) is 8.71. The summed E-state index contributed by atoms with van der Waals surface area (Å²) in [4.78, 5) is 14.6. The summed E-state index contributed by atoms with van der Waals surface area (Å²) in [6, 6.07) is 5.65. The molecule has 0 atom stereocenters. The molecule has 0 aliphatic carbocycles. The van der Waals surface area contributed by atoms with Gasteiger partial charge in [0.05, 0.1) is 18.7 Å². The summed E-state index contributed by atoms with van der Waals surface area (Å²) in [5, 5.41) is 4.24. The van der Waals surface area contributed by atoms with E-state index in [4.69, 9.17) is 5.73 Å². The number of pyridine rings is 1. The van der Waals surface area contributed by atoms with Gasteiger partial charge in [0, 0.05) is 18.6 Å². The van der Waals surface area contributed by atoms with Gasteiger partial charge in [0.15, 0.2) is 0 Å². The first kappa shape index (κ1) is 10.4. The van der Waals surface area contributed by atoms with Gasteiger partial charge in [-0.15, -0.1) is 0 Å². The van der Waals surface area contributed by atoms with E-state index < -0.39 is 0 Å². The summed E-state index contributed by atoms with van der Waals surface area (Å²) < 4.78 is 1.77. The van der Waals surface area contributed by atoms with E-state index in [2.05, 4.69) is 10.1 Å². The fourth-order valence-corrected chi connectivity index (χ4v) is 1.44. The highest BCUT2D eigenvalue weighted by Crippen LogP contribution is 2.02. The van der Waals surface area contributed by atoms with Crippen LogP contribution in [0.2, 0.25) is 0 Å². The molecule has 0 spiro atoms. The number of nitrogens with zero attached hydrogens (tertiary/aromatic N) is 3. The van der Waals surface area contributed by atoms with Crippen molar-refractivity contribution in [2.75, 3.05) is 0 Å². The van der Waals surface area contributed by atoms with Gasteiger partial charge in [-0.2, -0.15) is 5.10 Å². The lowest BCUT2D eigenvalue weighted by Gasteiger charge is -2.00. The van der Waals surface area contributed by atoms with Crippen LogP contribution in [-0.4, -0.2) is 20.7 Å². The van der Waals surface area contributed by atoms with Crippen LogP contribution >= 0.6 is 0 Å². The molecule has 2 rings (SSSR count). The topological polar surface area (TPSA) is 73.8 Å². The smallest absolute Gasteiger partial charge is 0.223 e. The molecule has 0 aromatic carbocycles. The van der Waals surface area contributed by atoms with Crippen LogP contribution < -0.4 is 5.73 Å². The Bertz CT molecular complexity index is 478. The first-order valence-corrected chi connectivity index (χ1v) is 4.93. The normalized spacial score (nSPS) is 10.2. The third-order valence-corrected chi connectivity index (χ3v) is 2.15. The maximum Gasteiger partial charge on any atom is 0.223 e. The number of carbonyl (C=O) groups is 1. The van der Waals surface area contributed by atoms with Crippen LogP contribution in [0.1, 0.15) is 11.3 Å². The molecule has 5 heteroatoms. The van der Waals surface area contributed by atoms with Crippen LogP contribution in [0.25, 0.3) is 0 Å². The number of aromatic nitrogens is 3. The predicted octanol–water partition coefficient (Wildman–Crippen LogP) is 0.354. The van der Waals surface area contributed by atoms with Crippen molar-refractivity contribution in [3.05, 3.63) is 48.0 Å². The van der Waals surface area contributed by atoms with Crippen LogP contribution in [0, 0.1) is 0 Å². The second kappa shape index (κ2) is 4.57. The minimum absolute atomic E-state index is 0.184. The van der Waals surface area contributed by atoms with Gasteiger partial charge in [-0.25, -0.2) is 0 Å². The summed E-state index contributed by atoms with van der Waals surface area (Å²) in [6.45, 7) is 0.668. The fraction of sp³-hybridized carbons (Fsp3) is 0.182. The van der Waals surface area contributed by atoms with E-state index in [1.54, 1.807) is 23.1 Å². The molecule has 5 nitrogen and oxygen atoms in total. The molecule has 2 aromatic heterocycles. The summed E-state index contributed by atoms with van der Waals surface area (Å²) >= 11 is 0. The standard InChI is InChI=1S/C11H12N4O/c12-11(16)7-10-3-6-15(14-10)8-9-1-4-13-5-2-9/h1-6H,7-8H2,(H2,12,16). The average molecular weight is 216 g/mol. The summed E-state index contributed by atoms with van der Waals surface area (Å²) in [7, 11) is 0. The number of hydrogen-bond acceptors (Lipinski definition) is 3. The number of rotatable bonds is 4. The minimum Gasteiger partial charge on any atom is -0.369 e. The molecule has 0 unspecified atom stereocenters. The maximum atomic E-state index is 10.7. The monoisotopic (exact) mass is 216 g/mol. The molecule has 0 saturated carbocycles. The maximum absolute atomic E-state index is 10.7. The van der Waals surface area contributed by atoms with Crippen LogP contribution in [0.5, 0.6) is 0 Å². The molecule has 0 bridgehead atoms. The second-order valence-electron chi connectivity index (χ2n) is 3.50. The van der Waals surface area contributed by atoms with Crippen molar-refractivity contribution in [3.63, 3.8) is 0 Å². The van der Waals surface area contributed by atoms with Crippen molar-refractivity contribution >= 4 is 5.91 Å². The number of amides is 1. The number of carbonyl (C=O) groups excluding carboxylic acids is 1. The van der Waals surface area contributed by atoms with Gasteiger partial charge < -0.3 is 5.73 Å². The lowest BCUT2D eigenvalue weighted by atomic mass is 10.3.